The molecule has 0 aliphatic rings. The predicted molar refractivity (Wildman–Crippen MR) is 114 cm³/mol. The van der Waals surface area contributed by atoms with Crippen LogP contribution in [0.25, 0.3) is 0 Å². The molecule has 0 heterocycles. The summed E-state index contributed by atoms with van der Waals surface area (Å²) in [6.45, 7) is 9.47. The fraction of sp³-hybridized carbons (Fsp3) is 0.364. The Morgan fingerprint density at radius 2 is 1.56 bits per heavy atom. The van der Waals surface area contributed by atoms with E-state index in [9.17, 15) is 9.59 Å². The summed E-state index contributed by atoms with van der Waals surface area (Å²) in [6, 6.07) is 13.5. The molecule has 2 amide bonds. The summed E-state index contributed by atoms with van der Waals surface area (Å²) in [4.78, 5) is 26.2. The van der Waals surface area contributed by atoms with Crippen LogP contribution in [0.15, 0.2) is 42.5 Å². The summed E-state index contributed by atoms with van der Waals surface area (Å²) in [5.41, 5.74) is 5.08. The van der Waals surface area contributed by atoms with Gasteiger partial charge in [-0.15, -0.1) is 11.8 Å². The molecule has 0 unspecified atom stereocenters. The zero-order valence-electron chi connectivity index (χ0n) is 16.5. The highest BCUT2D eigenvalue weighted by atomic mass is 32.2. The third-order valence-electron chi connectivity index (χ3n) is 4.25. The first-order valence-corrected chi connectivity index (χ1v) is 10.4. The van der Waals surface area contributed by atoms with Gasteiger partial charge in [0.15, 0.2) is 0 Å². The van der Waals surface area contributed by atoms with Gasteiger partial charge in [0.1, 0.15) is 0 Å². The molecule has 144 valence electrons. The predicted octanol–water partition coefficient (Wildman–Crippen LogP) is 4.66. The normalized spacial score (nSPS) is 10.5. The van der Waals surface area contributed by atoms with Crippen molar-refractivity contribution in [1.82, 2.24) is 4.90 Å². The molecule has 0 radical (unpaired) electrons. The van der Waals surface area contributed by atoms with E-state index in [4.69, 9.17) is 0 Å². The minimum absolute atomic E-state index is 0.0156. The molecule has 0 bridgehead atoms. The van der Waals surface area contributed by atoms with Crippen LogP contribution in [0.2, 0.25) is 0 Å². The summed E-state index contributed by atoms with van der Waals surface area (Å²) >= 11 is 1.60. The van der Waals surface area contributed by atoms with Gasteiger partial charge < -0.3 is 10.2 Å². The lowest BCUT2D eigenvalue weighted by Crippen LogP contribution is -2.30. The molecular weight excluding hydrogens is 356 g/mol. The number of rotatable bonds is 8. The van der Waals surface area contributed by atoms with Crippen LogP contribution in [0.4, 0.5) is 5.69 Å². The van der Waals surface area contributed by atoms with Gasteiger partial charge in [0.05, 0.1) is 5.75 Å². The van der Waals surface area contributed by atoms with Crippen molar-refractivity contribution in [2.24, 2.45) is 0 Å². The minimum Gasteiger partial charge on any atom is -0.339 e. The van der Waals surface area contributed by atoms with Crippen molar-refractivity contribution in [1.29, 1.82) is 0 Å². The van der Waals surface area contributed by atoms with E-state index < -0.39 is 0 Å². The van der Waals surface area contributed by atoms with Crippen molar-refractivity contribution in [3.8, 4) is 0 Å². The van der Waals surface area contributed by atoms with Crippen LogP contribution in [0, 0.1) is 13.8 Å². The first-order valence-electron chi connectivity index (χ1n) is 9.27. The molecule has 4 nitrogen and oxygen atoms in total. The third-order valence-corrected chi connectivity index (χ3v) is 5.25. The van der Waals surface area contributed by atoms with Crippen LogP contribution in [-0.4, -0.2) is 35.6 Å². The van der Waals surface area contributed by atoms with Crippen molar-refractivity contribution in [3.05, 3.63) is 64.7 Å². The molecule has 5 heteroatoms. The fourth-order valence-electron chi connectivity index (χ4n) is 3.00. The highest BCUT2D eigenvalue weighted by Gasteiger charge is 2.12. The summed E-state index contributed by atoms with van der Waals surface area (Å²) in [7, 11) is 0. The molecule has 0 saturated carbocycles. The van der Waals surface area contributed by atoms with Crippen LogP contribution >= 0.6 is 11.8 Å². The topological polar surface area (TPSA) is 49.4 Å². The number of anilines is 1. The number of amides is 2. The molecule has 27 heavy (non-hydrogen) atoms. The van der Waals surface area contributed by atoms with Gasteiger partial charge >= 0.3 is 0 Å². The first-order chi connectivity index (χ1) is 12.9. The van der Waals surface area contributed by atoms with Gasteiger partial charge in [0.2, 0.25) is 5.91 Å². The lowest BCUT2D eigenvalue weighted by atomic mass is 10.1. The van der Waals surface area contributed by atoms with Gasteiger partial charge in [-0.2, -0.15) is 0 Å². The molecule has 0 spiro atoms. The molecule has 0 aliphatic heterocycles. The van der Waals surface area contributed by atoms with Crippen molar-refractivity contribution < 1.29 is 9.59 Å². The maximum absolute atomic E-state index is 12.3. The number of hydrogen-bond donors (Lipinski definition) is 1. The molecule has 0 saturated heterocycles. The van der Waals surface area contributed by atoms with E-state index in [0.717, 1.165) is 5.75 Å². The number of carbonyl (C=O) groups excluding carboxylic acids is 2. The second kappa shape index (κ2) is 10.2. The Kier molecular flexibility index (Phi) is 7.92. The number of nitrogens with zero attached hydrogens (tertiary/aromatic N) is 1. The van der Waals surface area contributed by atoms with Crippen LogP contribution in [0.3, 0.4) is 0 Å². The number of carbonyl (C=O) groups is 2. The molecule has 0 fully saturated rings. The molecule has 0 aromatic heterocycles. The van der Waals surface area contributed by atoms with Crippen molar-refractivity contribution in [3.63, 3.8) is 0 Å². The Bertz CT molecular complexity index is 763. The van der Waals surface area contributed by atoms with Crippen LogP contribution in [0.1, 0.15) is 40.9 Å². The number of hydrogen-bond acceptors (Lipinski definition) is 3. The fourth-order valence-corrected chi connectivity index (χ4v) is 3.76. The van der Waals surface area contributed by atoms with Crippen LogP contribution in [0.5, 0.6) is 0 Å². The first kappa shape index (κ1) is 21.0. The van der Waals surface area contributed by atoms with Gasteiger partial charge in [0.25, 0.3) is 5.91 Å². The Labute approximate surface area is 166 Å². The van der Waals surface area contributed by atoms with Gasteiger partial charge in [0, 0.05) is 30.1 Å². The molecule has 2 aromatic carbocycles. The van der Waals surface area contributed by atoms with Crippen molar-refractivity contribution in [2.75, 3.05) is 24.2 Å². The van der Waals surface area contributed by atoms with Gasteiger partial charge in [-0.25, -0.2) is 0 Å². The summed E-state index contributed by atoms with van der Waals surface area (Å²) in [5.74, 6) is 1.19. The lowest BCUT2D eigenvalue weighted by molar-refractivity contribution is -0.113. The smallest absolute Gasteiger partial charge is 0.253 e. The lowest BCUT2D eigenvalue weighted by Gasteiger charge is -2.18. The van der Waals surface area contributed by atoms with E-state index in [0.29, 0.717) is 30.1 Å². The van der Waals surface area contributed by atoms with E-state index in [-0.39, 0.29) is 11.8 Å². The third kappa shape index (κ3) is 6.43. The van der Waals surface area contributed by atoms with Crippen molar-refractivity contribution >= 4 is 29.3 Å². The average molecular weight is 385 g/mol. The molecule has 1 N–H and O–H groups in total. The average Bonchev–Trinajstić information content (AvgIpc) is 2.62. The van der Waals surface area contributed by atoms with Crippen molar-refractivity contribution in [2.45, 2.75) is 33.4 Å². The Morgan fingerprint density at radius 3 is 2.11 bits per heavy atom. The molecule has 0 aliphatic carbocycles. The number of nitrogens with one attached hydrogen (secondary N) is 1. The summed E-state index contributed by atoms with van der Waals surface area (Å²) < 4.78 is 0. The summed E-state index contributed by atoms with van der Waals surface area (Å²) in [5, 5.41) is 2.89. The van der Waals surface area contributed by atoms with E-state index >= 15 is 0 Å². The minimum atomic E-state index is -0.0350. The van der Waals surface area contributed by atoms with E-state index in [1.807, 2.05) is 13.8 Å². The van der Waals surface area contributed by atoms with Crippen LogP contribution in [-0.2, 0) is 10.5 Å². The van der Waals surface area contributed by atoms with Gasteiger partial charge in [-0.1, -0.05) is 29.3 Å². The molecule has 2 rings (SSSR count). The van der Waals surface area contributed by atoms with E-state index in [1.54, 1.807) is 40.9 Å². The monoisotopic (exact) mass is 384 g/mol. The van der Waals surface area contributed by atoms with Gasteiger partial charge in [-0.3, -0.25) is 9.59 Å². The zero-order valence-corrected chi connectivity index (χ0v) is 17.4. The second-order valence-electron chi connectivity index (χ2n) is 6.59. The largest absolute Gasteiger partial charge is 0.339 e. The maximum Gasteiger partial charge on any atom is 0.253 e. The van der Waals surface area contributed by atoms with Gasteiger partial charge in [-0.05, 0) is 57.5 Å². The molecule has 0 atom stereocenters. The highest BCUT2D eigenvalue weighted by molar-refractivity contribution is 7.99. The quantitative estimate of drug-likeness (QED) is 0.720. The number of benzene rings is 2. The molecular formula is C22H28N2O2S. The maximum atomic E-state index is 12.3. The second-order valence-corrected chi connectivity index (χ2v) is 7.58. The SMILES string of the molecule is CCN(CC)C(=O)c1ccc(NC(=O)CSCc2cc(C)cc(C)c2)cc1. The Hall–Kier alpha value is -2.27. The van der Waals surface area contributed by atoms with E-state index in [2.05, 4.69) is 37.4 Å². The zero-order chi connectivity index (χ0) is 19.8. The van der Waals surface area contributed by atoms with Crippen LogP contribution < -0.4 is 5.32 Å². The summed E-state index contributed by atoms with van der Waals surface area (Å²) in [6.07, 6.45) is 0. The Morgan fingerprint density at radius 1 is 0.963 bits per heavy atom. The Balaban J connectivity index is 1.84. The standard InChI is InChI=1S/C22H28N2O2S/c1-5-24(6-2)22(26)19-7-9-20(10-8-19)23-21(25)15-27-14-18-12-16(3)11-17(4)13-18/h7-13H,5-6,14-15H2,1-4H3,(H,23,25). The number of aryl methyl sites for hydroxylation is 2. The number of thioether (sulfide) groups is 1. The molecule has 2 aromatic rings. The van der Waals surface area contributed by atoms with E-state index in [1.165, 1.54) is 16.7 Å². The highest BCUT2D eigenvalue weighted by Crippen LogP contribution is 2.17.